The average molecular weight is 455 g/mol. The molecule has 1 aliphatic rings. The quantitative estimate of drug-likeness (QED) is 0.467. The van der Waals surface area contributed by atoms with E-state index in [1.165, 1.54) is 24.3 Å². The van der Waals surface area contributed by atoms with Crippen molar-refractivity contribution < 1.29 is 14.4 Å². The van der Waals surface area contributed by atoms with Crippen LogP contribution in [0.3, 0.4) is 0 Å². The molecule has 0 saturated carbocycles. The number of nitrogens with zero attached hydrogens (tertiary/aromatic N) is 3. The monoisotopic (exact) mass is 454 g/mol. The predicted octanol–water partition coefficient (Wildman–Crippen LogP) is 4.46. The van der Waals surface area contributed by atoms with E-state index < -0.39 is 17.8 Å². The molecular weight excluding hydrogens is 439 g/mol. The number of urea groups is 1. The Bertz CT molecular complexity index is 1270. The number of aromatic nitrogens is 2. The minimum Gasteiger partial charge on any atom is -0.316 e. The molecule has 0 radical (unpaired) electrons. The predicted molar refractivity (Wildman–Crippen MR) is 119 cm³/mol. The maximum Gasteiger partial charge on any atom is 0.335 e. The zero-order valence-corrected chi connectivity index (χ0v) is 18.0. The number of halogens is 2. The highest BCUT2D eigenvalue weighted by Gasteiger charge is 2.37. The number of rotatable bonds is 3. The van der Waals surface area contributed by atoms with Crippen molar-refractivity contribution in [2.45, 2.75) is 13.8 Å². The maximum atomic E-state index is 13.1. The third-order valence-electron chi connectivity index (χ3n) is 4.94. The van der Waals surface area contributed by atoms with E-state index in [1.54, 1.807) is 12.4 Å². The number of pyridine rings is 1. The van der Waals surface area contributed by atoms with Crippen molar-refractivity contribution in [3.63, 3.8) is 0 Å². The number of carbonyl (C=O) groups is 3. The molecular formula is C22H16Cl2N4O3. The van der Waals surface area contributed by atoms with Gasteiger partial charge in [-0.3, -0.25) is 19.9 Å². The zero-order chi connectivity index (χ0) is 22.3. The third kappa shape index (κ3) is 3.73. The minimum absolute atomic E-state index is 0.169. The van der Waals surface area contributed by atoms with Gasteiger partial charge in [0, 0.05) is 17.6 Å². The second-order valence-corrected chi connectivity index (χ2v) is 7.74. The van der Waals surface area contributed by atoms with Gasteiger partial charge < -0.3 is 4.57 Å². The molecule has 156 valence electrons. The lowest BCUT2D eigenvalue weighted by Gasteiger charge is -2.26. The number of imide groups is 2. The van der Waals surface area contributed by atoms with Crippen LogP contribution in [0.5, 0.6) is 0 Å². The Morgan fingerprint density at radius 1 is 1.00 bits per heavy atom. The second-order valence-electron chi connectivity index (χ2n) is 6.93. The molecule has 4 rings (SSSR count). The molecule has 2 aromatic heterocycles. The largest absolute Gasteiger partial charge is 0.335 e. The second kappa shape index (κ2) is 8.02. The van der Waals surface area contributed by atoms with Crippen LogP contribution in [0.4, 0.5) is 10.5 Å². The molecule has 4 amide bonds. The number of amides is 4. The van der Waals surface area contributed by atoms with Crippen molar-refractivity contribution >= 4 is 52.8 Å². The van der Waals surface area contributed by atoms with Gasteiger partial charge in [0.25, 0.3) is 11.8 Å². The number of hydrogen-bond donors (Lipinski definition) is 1. The maximum absolute atomic E-state index is 13.1. The van der Waals surface area contributed by atoms with Gasteiger partial charge in [-0.1, -0.05) is 23.2 Å². The first-order valence-corrected chi connectivity index (χ1v) is 9.99. The molecule has 0 aliphatic carbocycles. The first-order chi connectivity index (χ1) is 14.8. The van der Waals surface area contributed by atoms with E-state index in [-0.39, 0.29) is 21.3 Å². The van der Waals surface area contributed by atoms with Gasteiger partial charge in [-0.05, 0) is 61.9 Å². The van der Waals surface area contributed by atoms with E-state index in [9.17, 15) is 14.4 Å². The van der Waals surface area contributed by atoms with Crippen molar-refractivity contribution in [1.82, 2.24) is 14.9 Å². The van der Waals surface area contributed by atoms with Gasteiger partial charge in [-0.2, -0.15) is 0 Å². The topological polar surface area (TPSA) is 84.3 Å². The van der Waals surface area contributed by atoms with Crippen LogP contribution in [0.1, 0.15) is 17.0 Å². The first-order valence-electron chi connectivity index (χ1n) is 9.24. The van der Waals surface area contributed by atoms with Crippen LogP contribution in [0.25, 0.3) is 11.8 Å². The lowest BCUT2D eigenvalue weighted by Crippen LogP contribution is -2.54. The minimum atomic E-state index is -0.855. The molecule has 1 fully saturated rings. The summed E-state index contributed by atoms with van der Waals surface area (Å²) in [5.74, 6) is -1.52. The highest BCUT2D eigenvalue weighted by molar-refractivity contribution is 6.43. The van der Waals surface area contributed by atoms with Crippen LogP contribution >= 0.6 is 23.2 Å². The van der Waals surface area contributed by atoms with Gasteiger partial charge in [-0.15, -0.1) is 0 Å². The van der Waals surface area contributed by atoms with Gasteiger partial charge in [0.15, 0.2) is 0 Å². The highest BCUT2D eigenvalue weighted by Crippen LogP contribution is 2.30. The Hall–Kier alpha value is -3.42. The molecule has 3 heterocycles. The fourth-order valence-electron chi connectivity index (χ4n) is 3.49. The summed E-state index contributed by atoms with van der Waals surface area (Å²) in [4.78, 5) is 43.0. The molecule has 9 heteroatoms. The van der Waals surface area contributed by atoms with Crippen molar-refractivity contribution in [2.24, 2.45) is 0 Å². The number of barbiturate groups is 1. The first kappa shape index (κ1) is 20.8. The zero-order valence-electron chi connectivity index (χ0n) is 16.5. The number of anilines is 1. The van der Waals surface area contributed by atoms with Crippen LogP contribution in [0, 0.1) is 13.8 Å². The summed E-state index contributed by atoms with van der Waals surface area (Å²) in [5, 5.41) is 2.67. The van der Waals surface area contributed by atoms with E-state index in [0.29, 0.717) is 5.56 Å². The van der Waals surface area contributed by atoms with Gasteiger partial charge in [0.05, 0.1) is 27.6 Å². The molecule has 0 bridgehead atoms. The Labute approximate surface area is 187 Å². The van der Waals surface area contributed by atoms with Crippen LogP contribution in [-0.4, -0.2) is 27.4 Å². The normalized spacial score (nSPS) is 15.5. The van der Waals surface area contributed by atoms with Crippen molar-refractivity contribution in [3.05, 3.63) is 81.4 Å². The molecule has 0 unspecified atom stereocenters. The van der Waals surface area contributed by atoms with Crippen molar-refractivity contribution in [2.75, 3.05) is 4.90 Å². The fraction of sp³-hybridized carbons (Fsp3) is 0.0909. The lowest BCUT2D eigenvalue weighted by atomic mass is 10.1. The summed E-state index contributed by atoms with van der Waals surface area (Å²) < 4.78 is 1.96. The Kier molecular flexibility index (Phi) is 5.39. The van der Waals surface area contributed by atoms with Crippen LogP contribution in [-0.2, 0) is 9.59 Å². The molecule has 0 atom stereocenters. The summed E-state index contributed by atoms with van der Waals surface area (Å²) in [7, 11) is 0. The number of benzene rings is 1. The molecule has 1 aliphatic heterocycles. The van der Waals surface area contributed by atoms with Crippen LogP contribution in [0.2, 0.25) is 10.0 Å². The highest BCUT2D eigenvalue weighted by atomic mass is 35.5. The number of hydrogen-bond acceptors (Lipinski definition) is 4. The molecule has 1 N–H and O–H groups in total. The molecule has 1 saturated heterocycles. The van der Waals surface area contributed by atoms with E-state index in [2.05, 4.69) is 10.3 Å². The summed E-state index contributed by atoms with van der Waals surface area (Å²) in [6, 6.07) is 9.08. The standard InChI is InChI=1S/C22H16Cl2N4O3/c1-12-8-14(13(2)27(12)16-4-3-7-25-11-16)9-17-20(29)26-22(31)28(21(17)30)15-5-6-18(23)19(24)10-15/h3-11H,1-2H3,(H,26,29,31). The Morgan fingerprint density at radius 2 is 1.77 bits per heavy atom. The summed E-state index contributed by atoms with van der Waals surface area (Å²) in [5.41, 5.74) is 3.28. The molecule has 0 spiro atoms. The van der Waals surface area contributed by atoms with Crippen LogP contribution < -0.4 is 10.2 Å². The van der Waals surface area contributed by atoms with E-state index in [4.69, 9.17) is 23.2 Å². The lowest BCUT2D eigenvalue weighted by molar-refractivity contribution is -0.122. The van der Waals surface area contributed by atoms with Gasteiger partial charge in [-0.25, -0.2) is 9.69 Å². The van der Waals surface area contributed by atoms with Gasteiger partial charge in [0.1, 0.15) is 5.57 Å². The fourth-order valence-corrected chi connectivity index (χ4v) is 3.78. The number of aryl methyl sites for hydroxylation is 1. The van der Waals surface area contributed by atoms with Gasteiger partial charge in [0.2, 0.25) is 0 Å². The van der Waals surface area contributed by atoms with Crippen LogP contribution in [0.15, 0.2) is 54.4 Å². The molecule has 1 aromatic carbocycles. The van der Waals surface area contributed by atoms with E-state index in [1.807, 2.05) is 36.6 Å². The molecule has 31 heavy (non-hydrogen) atoms. The Balaban J connectivity index is 1.77. The van der Waals surface area contributed by atoms with Gasteiger partial charge >= 0.3 is 6.03 Å². The SMILES string of the molecule is Cc1cc(C=C2C(=O)NC(=O)N(c3ccc(Cl)c(Cl)c3)C2=O)c(C)n1-c1cccnc1. The summed E-state index contributed by atoms with van der Waals surface area (Å²) >= 11 is 12.0. The van der Waals surface area contributed by atoms with E-state index in [0.717, 1.165) is 22.0 Å². The smallest absolute Gasteiger partial charge is 0.316 e. The Morgan fingerprint density at radius 3 is 2.45 bits per heavy atom. The summed E-state index contributed by atoms with van der Waals surface area (Å²) in [6.07, 6.45) is 4.88. The number of carbonyl (C=O) groups excluding carboxylic acids is 3. The average Bonchev–Trinajstić information content (AvgIpc) is 3.01. The summed E-state index contributed by atoms with van der Waals surface area (Å²) in [6.45, 7) is 3.79. The third-order valence-corrected chi connectivity index (χ3v) is 5.68. The molecule has 7 nitrogen and oxygen atoms in total. The number of nitrogens with one attached hydrogen (secondary N) is 1. The van der Waals surface area contributed by atoms with Crippen molar-refractivity contribution in [3.8, 4) is 5.69 Å². The van der Waals surface area contributed by atoms with Crippen molar-refractivity contribution in [1.29, 1.82) is 0 Å². The van der Waals surface area contributed by atoms with E-state index >= 15 is 0 Å². The molecule has 3 aromatic rings.